The van der Waals surface area contributed by atoms with Crippen LogP contribution in [0.2, 0.25) is 0 Å². The zero-order chi connectivity index (χ0) is 7.23. The van der Waals surface area contributed by atoms with E-state index in [1.807, 2.05) is 24.5 Å². The van der Waals surface area contributed by atoms with Crippen molar-refractivity contribution in [1.82, 2.24) is 0 Å². The molecular weight excluding hydrogens is 126 g/mol. The first-order valence-corrected chi connectivity index (χ1v) is 3.49. The van der Waals surface area contributed by atoms with E-state index in [1.54, 1.807) is 0 Å². The molecule has 0 fully saturated rings. The summed E-state index contributed by atoms with van der Waals surface area (Å²) in [6.45, 7) is 0.273. The van der Waals surface area contributed by atoms with E-state index in [-0.39, 0.29) is 6.61 Å². The molecule has 0 saturated heterocycles. The van der Waals surface area contributed by atoms with Crippen molar-refractivity contribution in [2.75, 3.05) is 6.61 Å². The fraction of sp³-hybridized carbons (Fsp3) is 0.375. The number of nitrogens with one attached hydrogen (secondary N) is 1. The molecule has 0 spiro atoms. The topological polar surface area (TPSA) is 34.4 Å². The summed E-state index contributed by atoms with van der Waals surface area (Å²) >= 11 is 0. The van der Waals surface area contributed by atoms with Crippen LogP contribution in [0.5, 0.6) is 0 Å². The first-order chi connectivity index (χ1) is 4.93. The van der Waals surface area contributed by atoms with Gasteiger partial charge in [0.2, 0.25) is 0 Å². The quantitative estimate of drug-likeness (QED) is 0.645. The minimum absolute atomic E-state index is 0.273. The Bertz CT molecular complexity index is 174. The lowest BCUT2D eigenvalue weighted by molar-refractivity contribution is -0.378. The third-order valence-corrected chi connectivity index (χ3v) is 1.40. The number of aryl methyl sites for hydroxylation is 1. The van der Waals surface area contributed by atoms with Crippen molar-refractivity contribution >= 4 is 0 Å². The Morgan fingerprint density at radius 2 is 2.40 bits per heavy atom. The summed E-state index contributed by atoms with van der Waals surface area (Å²) in [6, 6.07) is 4.01. The zero-order valence-electron chi connectivity index (χ0n) is 5.88. The highest BCUT2D eigenvalue weighted by molar-refractivity contribution is 5.04. The second-order valence-corrected chi connectivity index (χ2v) is 2.24. The standard InChI is InChI=1S/C8H11NO/c10-6-2-4-8-3-1-5-9-7-8/h1,3,5,7,10H,2,4,6H2/p+1. The number of aromatic amines is 1. The van der Waals surface area contributed by atoms with Crippen LogP contribution in [0, 0.1) is 0 Å². The molecule has 1 aromatic rings. The number of hydrogen-bond acceptors (Lipinski definition) is 1. The summed E-state index contributed by atoms with van der Waals surface area (Å²) in [4.78, 5) is 2.99. The highest BCUT2D eigenvalue weighted by Crippen LogP contribution is 1.96. The van der Waals surface area contributed by atoms with Gasteiger partial charge in [0.25, 0.3) is 0 Å². The number of aliphatic hydroxyl groups is 1. The highest BCUT2D eigenvalue weighted by atomic mass is 16.2. The monoisotopic (exact) mass is 138 g/mol. The van der Waals surface area contributed by atoms with Gasteiger partial charge in [-0.2, -0.15) is 0 Å². The molecule has 1 aromatic heterocycles. The highest BCUT2D eigenvalue weighted by Gasteiger charge is 1.92. The molecule has 1 rings (SSSR count). The van der Waals surface area contributed by atoms with Crippen LogP contribution in [0.25, 0.3) is 0 Å². The predicted molar refractivity (Wildman–Crippen MR) is 38.4 cm³/mol. The van der Waals surface area contributed by atoms with Gasteiger partial charge in [0.05, 0.1) is 0 Å². The van der Waals surface area contributed by atoms with Gasteiger partial charge < -0.3 is 5.11 Å². The van der Waals surface area contributed by atoms with Crippen molar-refractivity contribution < 1.29 is 10.1 Å². The second kappa shape index (κ2) is 4.01. The number of aliphatic hydroxyl groups excluding tert-OH is 1. The first-order valence-electron chi connectivity index (χ1n) is 3.49. The zero-order valence-corrected chi connectivity index (χ0v) is 5.88. The van der Waals surface area contributed by atoms with Gasteiger partial charge in [-0.15, -0.1) is 0 Å². The van der Waals surface area contributed by atoms with E-state index in [4.69, 9.17) is 5.11 Å². The summed E-state index contributed by atoms with van der Waals surface area (Å²) < 4.78 is 0. The van der Waals surface area contributed by atoms with Crippen molar-refractivity contribution in [3.8, 4) is 0 Å². The number of aromatic nitrogens is 1. The molecule has 1 heterocycles. The fourth-order valence-electron chi connectivity index (χ4n) is 0.869. The van der Waals surface area contributed by atoms with Crippen LogP contribution in [-0.4, -0.2) is 11.7 Å². The molecule has 2 heteroatoms. The molecule has 0 saturated carbocycles. The van der Waals surface area contributed by atoms with Crippen LogP contribution in [0.1, 0.15) is 12.0 Å². The Labute approximate surface area is 60.5 Å². The van der Waals surface area contributed by atoms with Crippen molar-refractivity contribution in [3.05, 3.63) is 30.1 Å². The molecule has 0 amide bonds. The van der Waals surface area contributed by atoms with Crippen molar-refractivity contribution in [1.29, 1.82) is 0 Å². The Morgan fingerprint density at radius 3 is 3.00 bits per heavy atom. The van der Waals surface area contributed by atoms with E-state index in [0.717, 1.165) is 12.8 Å². The number of H-pyrrole nitrogens is 1. The lowest BCUT2D eigenvalue weighted by atomic mass is 10.2. The second-order valence-electron chi connectivity index (χ2n) is 2.24. The average molecular weight is 138 g/mol. The molecule has 0 aliphatic rings. The van der Waals surface area contributed by atoms with Gasteiger partial charge in [0.1, 0.15) is 0 Å². The molecule has 54 valence electrons. The van der Waals surface area contributed by atoms with E-state index in [2.05, 4.69) is 4.98 Å². The van der Waals surface area contributed by atoms with Gasteiger partial charge in [0.15, 0.2) is 12.4 Å². The summed E-state index contributed by atoms with van der Waals surface area (Å²) in [5, 5.41) is 8.52. The Balaban J connectivity index is 2.43. The Morgan fingerprint density at radius 1 is 1.50 bits per heavy atom. The predicted octanol–water partition coefficient (Wildman–Crippen LogP) is 0.426. The van der Waals surface area contributed by atoms with Crippen LogP contribution < -0.4 is 4.98 Å². The Kier molecular flexibility index (Phi) is 2.90. The van der Waals surface area contributed by atoms with Crippen LogP contribution in [-0.2, 0) is 6.42 Å². The van der Waals surface area contributed by atoms with E-state index in [0.29, 0.717) is 0 Å². The van der Waals surface area contributed by atoms with Gasteiger partial charge >= 0.3 is 0 Å². The minimum Gasteiger partial charge on any atom is -0.396 e. The molecule has 0 bridgehead atoms. The summed E-state index contributed by atoms with van der Waals surface area (Å²) in [7, 11) is 0. The van der Waals surface area contributed by atoms with E-state index < -0.39 is 0 Å². The van der Waals surface area contributed by atoms with Gasteiger partial charge in [-0.1, -0.05) is 0 Å². The normalized spacial score (nSPS) is 9.70. The van der Waals surface area contributed by atoms with Crippen molar-refractivity contribution in [2.45, 2.75) is 12.8 Å². The summed E-state index contributed by atoms with van der Waals surface area (Å²) in [5.74, 6) is 0. The average Bonchev–Trinajstić information content (AvgIpc) is 2.03. The molecule has 0 aliphatic carbocycles. The number of hydrogen-bond donors (Lipinski definition) is 1. The van der Waals surface area contributed by atoms with Crippen molar-refractivity contribution in [2.24, 2.45) is 0 Å². The maximum absolute atomic E-state index is 8.52. The lowest BCUT2D eigenvalue weighted by Gasteiger charge is -1.92. The minimum atomic E-state index is 0.273. The third-order valence-electron chi connectivity index (χ3n) is 1.40. The maximum Gasteiger partial charge on any atom is 0.170 e. The van der Waals surface area contributed by atoms with Gasteiger partial charge in [0, 0.05) is 18.2 Å². The molecule has 10 heavy (non-hydrogen) atoms. The maximum atomic E-state index is 8.52. The molecule has 0 aliphatic heterocycles. The van der Waals surface area contributed by atoms with E-state index in [9.17, 15) is 0 Å². The molecule has 0 aromatic carbocycles. The van der Waals surface area contributed by atoms with Gasteiger partial charge in [-0.05, 0) is 18.9 Å². The van der Waals surface area contributed by atoms with E-state index >= 15 is 0 Å². The van der Waals surface area contributed by atoms with Crippen molar-refractivity contribution in [3.63, 3.8) is 0 Å². The SMILES string of the molecule is OCCCc1ccc[nH+]c1. The number of pyridine rings is 1. The molecular formula is C8H12NO+. The molecule has 2 N–H and O–H groups in total. The molecule has 0 atom stereocenters. The smallest absolute Gasteiger partial charge is 0.170 e. The lowest BCUT2D eigenvalue weighted by Crippen LogP contribution is -2.01. The molecule has 2 nitrogen and oxygen atoms in total. The third kappa shape index (κ3) is 2.15. The first kappa shape index (κ1) is 7.22. The number of rotatable bonds is 3. The van der Waals surface area contributed by atoms with Crippen LogP contribution in [0.3, 0.4) is 0 Å². The fourth-order valence-corrected chi connectivity index (χ4v) is 0.869. The van der Waals surface area contributed by atoms with E-state index in [1.165, 1.54) is 5.56 Å². The largest absolute Gasteiger partial charge is 0.396 e. The van der Waals surface area contributed by atoms with Crippen LogP contribution in [0.15, 0.2) is 24.5 Å². The summed E-state index contributed by atoms with van der Waals surface area (Å²) in [5.41, 5.74) is 1.25. The molecule has 0 unspecified atom stereocenters. The van der Waals surface area contributed by atoms with Crippen LogP contribution in [0.4, 0.5) is 0 Å². The van der Waals surface area contributed by atoms with Crippen LogP contribution >= 0.6 is 0 Å². The molecule has 0 radical (unpaired) electrons. The summed E-state index contributed by atoms with van der Waals surface area (Å²) in [6.07, 6.45) is 5.63. The van der Waals surface area contributed by atoms with Gasteiger partial charge in [-0.25, -0.2) is 4.98 Å². The Hall–Kier alpha value is -0.890. The van der Waals surface area contributed by atoms with Gasteiger partial charge in [-0.3, -0.25) is 0 Å².